The summed E-state index contributed by atoms with van der Waals surface area (Å²) in [4.78, 5) is 10.9. The van der Waals surface area contributed by atoms with E-state index in [2.05, 4.69) is 5.16 Å². The minimum atomic E-state index is -0.939. The van der Waals surface area contributed by atoms with E-state index >= 15 is 0 Å². The van der Waals surface area contributed by atoms with Gasteiger partial charge in [0, 0.05) is 6.07 Å². The van der Waals surface area contributed by atoms with Gasteiger partial charge >= 0.3 is 5.97 Å². The van der Waals surface area contributed by atoms with Crippen LogP contribution in [0.3, 0.4) is 0 Å². The molecule has 1 heterocycles. The largest absolute Gasteiger partial charge is 0.487 e. The Morgan fingerprint density at radius 3 is 2.72 bits per heavy atom. The van der Waals surface area contributed by atoms with E-state index in [1.807, 2.05) is 6.92 Å². The van der Waals surface area contributed by atoms with Gasteiger partial charge in [-0.2, -0.15) is 0 Å². The molecule has 0 fully saturated rings. The summed E-state index contributed by atoms with van der Waals surface area (Å²) in [5.74, 6) is 0.398. The van der Waals surface area contributed by atoms with Crippen LogP contribution in [0, 0.1) is 13.8 Å². The van der Waals surface area contributed by atoms with Crippen LogP contribution >= 0.6 is 0 Å². The standard InChI is InChI=1S/C13H13NO4/c1-8-5-11(3-4-12(8)13(15)16)17-7-10-6-9(2)18-14-10/h3-6H,7H2,1-2H3,(H,15,16). The van der Waals surface area contributed by atoms with E-state index in [9.17, 15) is 4.79 Å². The second-order valence-corrected chi connectivity index (χ2v) is 4.00. The molecule has 94 valence electrons. The summed E-state index contributed by atoms with van der Waals surface area (Å²) in [6.07, 6.45) is 0. The minimum absolute atomic E-state index is 0.277. The molecule has 0 spiro atoms. The zero-order valence-electron chi connectivity index (χ0n) is 10.1. The Morgan fingerprint density at radius 1 is 1.39 bits per heavy atom. The summed E-state index contributed by atoms with van der Waals surface area (Å²) >= 11 is 0. The molecule has 0 saturated carbocycles. The summed E-state index contributed by atoms with van der Waals surface area (Å²) in [6, 6.07) is 6.64. The molecule has 0 aliphatic rings. The van der Waals surface area contributed by atoms with Gasteiger partial charge in [-0.05, 0) is 37.6 Å². The first-order chi connectivity index (χ1) is 8.56. The maximum absolute atomic E-state index is 10.9. The highest BCUT2D eigenvalue weighted by atomic mass is 16.5. The topological polar surface area (TPSA) is 72.6 Å². The third-order valence-corrected chi connectivity index (χ3v) is 2.49. The van der Waals surface area contributed by atoms with Crippen LogP contribution < -0.4 is 4.74 Å². The van der Waals surface area contributed by atoms with Crippen LogP contribution in [0.2, 0.25) is 0 Å². The lowest BCUT2D eigenvalue weighted by molar-refractivity contribution is 0.0696. The Kier molecular flexibility index (Phi) is 3.32. The molecule has 0 radical (unpaired) electrons. The Balaban J connectivity index is 2.06. The Bertz CT molecular complexity index is 574. The van der Waals surface area contributed by atoms with Crippen molar-refractivity contribution >= 4 is 5.97 Å². The van der Waals surface area contributed by atoms with Crippen molar-refractivity contribution < 1.29 is 19.2 Å². The van der Waals surface area contributed by atoms with Crippen molar-refractivity contribution in [2.24, 2.45) is 0 Å². The third-order valence-electron chi connectivity index (χ3n) is 2.49. The number of nitrogens with zero attached hydrogens (tertiary/aromatic N) is 1. The van der Waals surface area contributed by atoms with Crippen molar-refractivity contribution in [1.29, 1.82) is 0 Å². The van der Waals surface area contributed by atoms with E-state index in [-0.39, 0.29) is 5.56 Å². The van der Waals surface area contributed by atoms with Gasteiger partial charge in [-0.15, -0.1) is 0 Å². The van der Waals surface area contributed by atoms with E-state index in [1.165, 1.54) is 6.07 Å². The van der Waals surface area contributed by atoms with Gasteiger partial charge < -0.3 is 14.4 Å². The molecule has 2 rings (SSSR count). The van der Waals surface area contributed by atoms with Gasteiger partial charge in [-0.1, -0.05) is 5.16 Å². The highest BCUT2D eigenvalue weighted by Gasteiger charge is 2.08. The molecule has 5 nitrogen and oxygen atoms in total. The number of rotatable bonds is 4. The zero-order chi connectivity index (χ0) is 13.1. The number of aromatic nitrogens is 1. The second-order valence-electron chi connectivity index (χ2n) is 4.00. The molecule has 0 unspecified atom stereocenters. The van der Waals surface area contributed by atoms with E-state index in [4.69, 9.17) is 14.4 Å². The molecule has 0 saturated heterocycles. The van der Waals surface area contributed by atoms with Gasteiger partial charge in [-0.25, -0.2) is 4.79 Å². The molecule has 0 atom stereocenters. The average Bonchev–Trinajstić information content (AvgIpc) is 2.72. The number of hydrogen-bond donors (Lipinski definition) is 1. The zero-order valence-corrected chi connectivity index (χ0v) is 10.1. The second kappa shape index (κ2) is 4.91. The predicted octanol–water partition coefficient (Wildman–Crippen LogP) is 2.57. The number of carbonyl (C=O) groups is 1. The predicted molar refractivity (Wildman–Crippen MR) is 63.7 cm³/mol. The van der Waals surface area contributed by atoms with Gasteiger partial charge in [0.05, 0.1) is 5.56 Å². The van der Waals surface area contributed by atoms with Crippen LogP contribution in [0.15, 0.2) is 28.8 Å². The summed E-state index contributed by atoms with van der Waals surface area (Å²) in [7, 11) is 0. The fourth-order valence-corrected chi connectivity index (χ4v) is 1.61. The van der Waals surface area contributed by atoms with Gasteiger partial charge in [0.25, 0.3) is 0 Å². The number of ether oxygens (including phenoxy) is 1. The normalized spacial score (nSPS) is 10.3. The molecular weight excluding hydrogens is 234 g/mol. The first-order valence-electron chi connectivity index (χ1n) is 5.45. The Hall–Kier alpha value is -2.30. The molecule has 0 aliphatic heterocycles. The summed E-state index contributed by atoms with van der Waals surface area (Å²) in [6.45, 7) is 3.84. The van der Waals surface area contributed by atoms with Crippen molar-refractivity contribution in [2.45, 2.75) is 20.5 Å². The van der Waals surface area contributed by atoms with E-state index in [0.717, 1.165) is 5.76 Å². The lowest BCUT2D eigenvalue weighted by atomic mass is 10.1. The van der Waals surface area contributed by atoms with Gasteiger partial charge in [0.15, 0.2) is 0 Å². The quantitative estimate of drug-likeness (QED) is 0.898. The van der Waals surface area contributed by atoms with Crippen molar-refractivity contribution in [3.8, 4) is 5.75 Å². The number of carboxylic acid groups (broad SMARTS) is 1. The van der Waals surface area contributed by atoms with Crippen molar-refractivity contribution in [3.05, 3.63) is 46.8 Å². The van der Waals surface area contributed by atoms with E-state index < -0.39 is 5.97 Å². The molecular formula is C13H13NO4. The number of carboxylic acids is 1. The average molecular weight is 247 g/mol. The number of aryl methyl sites for hydroxylation is 2. The van der Waals surface area contributed by atoms with E-state index in [1.54, 1.807) is 25.1 Å². The Morgan fingerprint density at radius 2 is 2.17 bits per heavy atom. The summed E-state index contributed by atoms with van der Waals surface area (Å²) in [5.41, 5.74) is 1.64. The Labute approximate surface area is 104 Å². The monoisotopic (exact) mass is 247 g/mol. The molecule has 2 aromatic rings. The molecule has 1 aromatic heterocycles. The third kappa shape index (κ3) is 2.68. The SMILES string of the molecule is Cc1cc(COc2ccc(C(=O)O)c(C)c2)no1. The lowest BCUT2D eigenvalue weighted by Crippen LogP contribution is -2.01. The van der Waals surface area contributed by atoms with Gasteiger partial charge in [-0.3, -0.25) is 0 Å². The minimum Gasteiger partial charge on any atom is -0.487 e. The first kappa shape index (κ1) is 12.2. The van der Waals surface area contributed by atoms with Crippen molar-refractivity contribution in [1.82, 2.24) is 5.16 Å². The fourth-order valence-electron chi connectivity index (χ4n) is 1.61. The maximum Gasteiger partial charge on any atom is 0.335 e. The van der Waals surface area contributed by atoms with Crippen molar-refractivity contribution in [3.63, 3.8) is 0 Å². The molecule has 5 heteroatoms. The first-order valence-corrected chi connectivity index (χ1v) is 5.45. The molecule has 0 amide bonds. The highest BCUT2D eigenvalue weighted by Crippen LogP contribution is 2.18. The molecule has 0 bridgehead atoms. The summed E-state index contributed by atoms with van der Waals surface area (Å²) < 4.78 is 10.4. The van der Waals surface area contributed by atoms with Crippen LogP contribution in [0.1, 0.15) is 27.4 Å². The summed E-state index contributed by atoms with van der Waals surface area (Å²) in [5, 5.41) is 12.7. The molecule has 0 aliphatic carbocycles. The van der Waals surface area contributed by atoms with Crippen LogP contribution in [0.4, 0.5) is 0 Å². The van der Waals surface area contributed by atoms with Crippen LogP contribution in [-0.2, 0) is 6.61 Å². The molecule has 1 N–H and O–H groups in total. The van der Waals surface area contributed by atoms with Crippen LogP contribution in [0.5, 0.6) is 5.75 Å². The fraction of sp³-hybridized carbons (Fsp3) is 0.231. The number of hydrogen-bond acceptors (Lipinski definition) is 4. The van der Waals surface area contributed by atoms with E-state index in [0.29, 0.717) is 23.6 Å². The van der Waals surface area contributed by atoms with Crippen LogP contribution in [-0.4, -0.2) is 16.2 Å². The van der Waals surface area contributed by atoms with Gasteiger partial charge in [0.2, 0.25) is 0 Å². The van der Waals surface area contributed by atoms with Gasteiger partial charge in [0.1, 0.15) is 23.8 Å². The maximum atomic E-state index is 10.9. The number of benzene rings is 1. The molecule has 18 heavy (non-hydrogen) atoms. The molecule has 1 aromatic carbocycles. The lowest BCUT2D eigenvalue weighted by Gasteiger charge is -2.06. The van der Waals surface area contributed by atoms with Crippen molar-refractivity contribution in [2.75, 3.05) is 0 Å². The highest BCUT2D eigenvalue weighted by molar-refractivity contribution is 5.89. The smallest absolute Gasteiger partial charge is 0.335 e. The van der Waals surface area contributed by atoms with Crippen LogP contribution in [0.25, 0.3) is 0 Å². The number of aromatic carboxylic acids is 1.